The van der Waals surface area contributed by atoms with E-state index in [1.807, 2.05) is 59.7 Å². The van der Waals surface area contributed by atoms with E-state index in [4.69, 9.17) is 0 Å². The first kappa shape index (κ1) is 24.2. The minimum atomic E-state index is 0.328. The molecule has 0 saturated carbocycles. The Kier molecular flexibility index (Phi) is 15.3. The zero-order valence-electron chi connectivity index (χ0n) is 15.5. The highest BCUT2D eigenvalue weighted by Crippen LogP contribution is 2.39. The second kappa shape index (κ2) is 14.5. The number of aromatic hydroxyl groups is 1. The molecule has 0 atom stereocenters. The van der Waals surface area contributed by atoms with E-state index < -0.39 is 0 Å². The van der Waals surface area contributed by atoms with Crippen LogP contribution in [0.5, 0.6) is 5.75 Å². The first-order chi connectivity index (χ1) is 11.3. The molecule has 4 heteroatoms. The number of alkyl halides is 1. The number of rotatable bonds is 0. The number of phenolic OH excluding ortho intramolecular Hbond substituents is 1. The maximum absolute atomic E-state index is 9.89. The molecule has 3 rings (SSSR count). The fraction of sp³-hybridized carbons (Fsp3) is 0.474. The number of fused-ring (bicyclic) bond motifs is 3. The Bertz CT molecular complexity index is 559. The summed E-state index contributed by atoms with van der Waals surface area (Å²) in [5, 5.41) is 15.1. The highest BCUT2D eigenvalue weighted by Gasteiger charge is 2.17. The molecule has 0 saturated heterocycles. The van der Waals surface area contributed by atoms with Gasteiger partial charge < -0.3 is 10.4 Å². The lowest BCUT2D eigenvalue weighted by Crippen LogP contribution is -1.90. The van der Waals surface area contributed by atoms with Crippen LogP contribution in [0.15, 0.2) is 29.2 Å². The van der Waals surface area contributed by atoms with Crippen LogP contribution < -0.4 is 5.32 Å². The molecule has 0 aliphatic carbocycles. The van der Waals surface area contributed by atoms with Crippen molar-refractivity contribution < 1.29 is 5.11 Å². The average molecular weight is 358 g/mol. The van der Waals surface area contributed by atoms with Gasteiger partial charge in [-0.15, -0.1) is 24.2 Å². The third-order valence-electron chi connectivity index (χ3n) is 2.92. The highest BCUT2D eigenvalue weighted by molar-refractivity contribution is 7.80. The van der Waals surface area contributed by atoms with Gasteiger partial charge in [0, 0.05) is 40.3 Å². The van der Waals surface area contributed by atoms with Crippen LogP contribution in [0.4, 0.5) is 5.69 Å². The molecule has 132 valence electrons. The average Bonchev–Trinajstić information content (AvgIpc) is 3.10. The van der Waals surface area contributed by atoms with Crippen molar-refractivity contribution in [3.8, 4) is 5.75 Å². The van der Waals surface area contributed by atoms with E-state index in [0.717, 1.165) is 34.3 Å². The van der Waals surface area contributed by atoms with Gasteiger partial charge >= 0.3 is 0 Å². The third-order valence-corrected chi connectivity index (χ3v) is 3.29. The van der Waals surface area contributed by atoms with E-state index >= 15 is 0 Å². The molecule has 0 bridgehead atoms. The highest BCUT2D eigenvalue weighted by atomic mass is 35.5. The molecule has 23 heavy (non-hydrogen) atoms. The minimum Gasteiger partial charge on any atom is -0.507 e. The standard InChI is InChI=1S/C12H11NOS.3C2H6.CH3Cl/c14-10-6-9-7(4-5-13-9)12-8(10)2-1-3-11(12)15;4*1-2/h1-3,6,13-15H,4-5H2;3*1-2H3;1H3. The molecule has 1 aliphatic rings. The Morgan fingerprint density at radius 1 is 1.04 bits per heavy atom. The van der Waals surface area contributed by atoms with Crippen molar-refractivity contribution in [2.75, 3.05) is 18.2 Å². The number of anilines is 1. The molecule has 0 amide bonds. The minimum absolute atomic E-state index is 0.328. The van der Waals surface area contributed by atoms with E-state index in [-0.39, 0.29) is 0 Å². The van der Waals surface area contributed by atoms with Crippen molar-refractivity contribution in [1.29, 1.82) is 0 Å². The smallest absolute Gasteiger partial charge is 0.125 e. The molecule has 2 aromatic rings. The van der Waals surface area contributed by atoms with E-state index in [1.54, 1.807) is 6.07 Å². The Labute approximate surface area is 152 Å². The first-order valence-electron chi connectivity index (χ1n) is 8.35. The lowest BCUT2D eigenvalue weighted by atomic mass is 10.0. The van der Waals surface area contributed by atoms with Crippen molar-refractivity contribution in [1.82, 2.24) is 0 Å². The molecule has 0 radical (unpaired) electrons. The molecular formula is C19H32ClNOS. The molecule has 2 N–H and O–H groups in total. The Morgan fingerprint density at radius 2 is 1.61 bits per heavy atom. The Balaban J connectivity index is 0. The summed E-state index contributed by atoms with van der Waals surface area (Å²) in [6, 6.07) is 7.61. The van der Waals surface area contributed by atoms with Gasteiger partial charge in [0.25, 0.3) is 0 Å². The molecule has 1 heterocycles. The summed E-state index contributed by atoms with van der Waals surface area (Å²) >= 11 is 9.10. The fourth-order valence-electron chi connectivity index (χ4n) is 2.25. The van der Waals surface area contributed by atoms with Gasteiger partial charge in [0.2, 0.25) is 0 Å². The molecule has 1 aliphatic heterocycles. The topological polar surface area (TPSA) is 32.3 Å². The zero-order valence-corrected chi connectivity index (χ0v) is 17.1. The van der Waals surface area contributed by atoms with Crippen molar-refractivity contribution >= 4 is 40.7 Å². The predicted molar refractivity (Wildman–Crippen MR) is 111 cm³/mol. The van der Waals surface area contributed by atoms with Gasteiger partial charge in [-0.2, -0.15) is 0 Å². The Hall–Kier alpha value is -1.06. The lowest BCUT2D eigenvalue weighted by molar-refractivity contribution is 0.482. The van der Waals surface area contributed by atoms with Gasteiger partial charge in [-0.3, -0.25) is 0 Å². The molecule has 0 aromatic heterocycles. The van der Waals surface area contributed by atoms with Crippen LogP contribution in [0.1, 0.15) is 47.1 Å². The molecule has 0 unspecified atom stereocenters. The summed E-state index contributed by atoms with van der Waals surface area (Å²) in [5.74, 6) is 0.328. The van der Waals surface area contributed by atoms with Crippen LogP contribution in [-0.4, -0.2) is 18.0 Å². The van der Waals surface area contributed by atoms with Crippen LogP contribution in [0.2, 0.25) is 0 Å². The fourth-order valence-corrected chi connectivity index (χ4v) is 2.59. The van der Waals surface area contributed by atoms with E-state index in [9.17, 15) is 5.11 Å². The summed E-state index contributed by atoms with van der Waals surface area (Å²) in [4.78, 5) is 0.934. The van der Waals surface area contributed by atoms with Crippen LogP contribution in [-0.2, 0) is 6.42 Å². The Morgan fingerprint density at radius 3 is 2.17 bits per heavy atom. The van der Waals surface area contributed by atoms with Crippen LogP contribution in [0, 0.1) is 0 Å². The monoisotopic (exact) mass is 357 g/mol. The maximum atomic E-state index is 9.89. The number of halogens is 1. The van der Waals surface area contributed by atoms with Crippen LogP contribution >= 0.6 is 24.2 Å². The molecule has 2 aromatic carbocycles. The number of phenols is 1. The van der Waals surface area contributed by atoms with Crippen molar-refractivity contribution in [3.05, 3.63) is 29.8 Å². The van der Waals surface area contributed by atoms with Gasteiger partial charge in [0.05, 0.1) is 0 Å². The molecule has 0 fully saturated rings. The molecular weight excluding hydrogens is 326 g/mol. The molecule has 0 spiro atoms. The molecule has 2 nitrogen and oxygen atoms in total. The number of hydrogen-bond donors (Lipinski definition) is 3. The predicted octanol–water partition coefficient (Wildman–Crippen LogP) is 6.74. The third kappa shape index (κ3) is 6.15. The number of hydrogen-bond acceptors (Lipinski definition) is 3. The first-order valence-corrected chi connectivity index (χ1v) is 9.56. The summed E-state index contributed by atoms with van der Waals surface area (Å²) in [5.41, 5.74) is 2.31. The van der Waals surface area contributed by atoms with Crippen LogP contribution in [0.3, 0.4) is 0 Å². The maximum Gasteiger partial charge on any atom is 0.125 e. The van der Waals surface area contributed by atoms with Gasteiger partial charge in [0.1, 0.15) is 5.75 Å². The van der Waals surface area contributed by atoms with Crippen molar-refractivity contribution in [2.45, 2.75) is 52.9 Å². The quantitative estimate of drug-likeness (QED) is 0.360. The van der Waals surface area contributed by atoms with E-state index in [2.05, 4.69) is 29.5 Å². The number of thiol groups is 1. The largest absolute Gasteiger partial charge is 0.507 e. The summed E-state index contributed by atoms with van der Waals surface area (Å²) in [7, 11) is 0. The summed E-state index contributed by atoms with van der Waals surface area (Å²) < 4.78 is 0. The second-order valence-electron chi connectivity index (χ2n) is 3.80. The van der Waals surface area contributed by atoms with Gasteiger partial charge in [0.15, 0.2) is 0 Å². The normalized spacial score (nSPS) is 10.1. The second-order valence-corrected chi connectivity index (χ2v) is 4.28. The zero-order chi connectivity index (χ0) is 18.4. The SMILES string of the molecule is CC.CC.CC.CCl.Oc1cc2c(c3c(S)cccc13)CCN2. The van der Waals surface area contributed by atoms with Crippen LogP contribution in [0.25, 0.3) is 10.8 Å². The van der Waals surface area contributed by atoms with Gasteiger partial charge in [-0.05, 0) is 18.1 Å². The number of nitrogens with one attached hydrogen (secondary N) is 1. The van der Waals surface area contributed by atoms with E-state index in [1.165, 1.54) is 11.9 Å². The summed E-state index contributed by atoms with van der Waals surface area (Å²) in [6.07, 6.45) is 2.48. The lowest BCUT2D eigenvalue weighted by Gasteiger charge is -2.09. The van der Waals surface area contributed by atoms with Crippen molar-refractivity contribution in [3.63, 3.8) is 0 Å². The number of benzene rings is 2. The van der Waals surface area contributed by atoms with Crippen molar-refractivity contribution in [2.24, 2.45) is 0 Å². The summed E-state index contributed by atoms with van der Waals surface area (Å²) in [6.45, 7) is 12.9. The van der Waals surface area contributed by atoms with Gasteiger partial charge in [-0.1, -0.05) is 53.7 Å². The van der Waals surface area contributed by atoms with Gasteiger partial charge in [-0.25, -0.2) is 0 Å². The van der Waals surface area contributed by atoms with E-state index in [0.29, 0.717) is 5.75 Å².